The van der Waals surface area contributed by atoms with Gasteiger partial charge < -0.3 is 4.90 Å². The third kappa shape index (κ3) is 4.15. The number of piperazine rings is 1. The Labute approximate surface area is 195 Å². The van der Waals surface area contributed by atoms with Crippen molar-refractivity contribution in [3.8, 4) is 5.69 Å². The summed E-state index contributed by atoms with van der Waals surface area (Å²) in [6, 6.07) is 14.6. The van der Waals surface area contributed by atoms with Crippen LogP contribution >= 0.6 is 11.6 Å². The van der Waals surface area contributed by atoms with Crippen LogP contribution in [0.2, 0.25) is 5.02 Å². The number of hydrogen-bond acceptors (Lipinski definition) is 6. The first kappa shape index (κ1) is 21.4. The Morgan fingerprint density at radius 1 is 1.00 bits per heavy atom. The van der Waals surface area contributed by atoms with Gasteiger partial charge in [-0.25, -0.2) is 4.98 Å². The highest BCUT2D eigenvalue weighted by Gasteiger charge is 2.22. The second-order valence-corrected chi connectivity index (χ2v) is 8.51. The van der Waals surface area contributed by atoms with Crippen molar-refractivity contribution < 1.29 is 0 Å². The van der Waals surface area contributed by atoms with E-state index in [1.165, 1.54) is 4.68 Å². The average Bonchev–Trinajstić information content (AvgIpc) is 2.83. The minimum Gasteiger partial charge on any atom is -0.366 e. The Morgan fingerprint density at radius 3 is 2.52 bits per heavy atom. The largest absolute Gasteiger partial charge is 0.366 e. The van der Waals surface area contributed by atoms with Crippen molar-refractivity contribution in [1.29, 1.82) is 0 Å². The number of aryl methyl sites for hydroxylation is 1. The first-order valence-electron chi connectivity index (χ1n) is 10.8. The van der Waals surface area contributed by atoms with E-state index in [0.717, 1.165) is 24.3 Å². The van der Waals surface area contributed by atoms with Crippen LogP contribution in [0.4, 0.5) is 5.69 Å². The molecule has 5 rings (SSSR count). The Balaban J connectivity index is 1.30. The lowest BCUT2D eigenvalue weighted by molar-refractivity contribution is 0.247. The van der Waals surface area contributed by atoms with Crippen LogP contribution in [0, 0.1) is 6.92 Å². The lowest BCUT2D eigenvalue weighted by Gasteiger charge is -2.36. The van der Waals surface area contributed by atoms with Crippen LogP contribution in [-0.2, 0) is 6.54 Å². The van der Waals surface area contributed by atoms with E-state index in [-0.39, 0.29) is 16.1 Å². The molecule has 0 amide bonds. The standard InChI is InChI=1S/C24H23ClN6O2/c1-17-6-5-9-30-21(32)14-18(27-23(17)30)16-28-10-12-29(13-11-28)20-15-26-31(24(33)22(20)25)19-7-3-2-4-8-19/h2-9,14-15H,10-13,16H2,1H3. The summed E-state index contributed by atoms with van der Waals surface area (Å²) in [5.41, 5.74) is 3.33. The second kappa shape index (κ2) is 8.80. The summed E-state index contributed by atoms with van der Waals surface area (Å²) in [4.78, 5) is 34.3. The monoisotopic (exact) mass is 462 g/mol. The van der Waals surface area contributed by atoms with E-state index < -0.39 is 0 Å². The molecule has 3 aromatic heterocycles. The number of nitrogens with zero attached hydrogens (tertiary/aromatic N) is 6. The molecular formula is C24H23ClN6O2. The zero-order valence-electron chi connectivity index (χ0n) is 18.2. The second-order valence-electron chi connectivity index (χ2n) is 8.13. The molecular weight excluding hydrogens is 440 g/mol. The number of anilines is 1. The van der Waals surface area contributed by atoms with Gasteiger partial charge in [-0.3, -0.25) is 18.9 Å². The van der Waals surface area contributed by atoms with Gasteiger partial charge in [0.2, 0.25) is 0 Å². The molecule has 33 heavy (non-hydrogen) atoms. The van der Waals surface area contributed by atoms with Gasteiger partial charge in [0.05, 0.1) is 23.3 Å². The maximum atomic E-state index is 12.8. The third-order valence-electron chi connectivity index (χ3n) is 5.94. The number of rotatable bonds is 4. The fourth-order valence-electron chi connectivity index (χ4n) is 4.16. The van der Waals surface area contributed by atoms with Crippen LogP contribution in [-0.4, -0.2) is 50.2 Å². The zero-order chi connectivity index (χ0) is 22.9. The van der Waals surface area contributed by atoms with Crippen molar-refractivity contribution in [3.63, 3.8) is 0 Å². The number of halogens is 1. The van der Waals surface area contributed by atoms with Crippen molar-refractivity contribution in [2.45, 2.75) is 13.5 Å². The summed E-state index contributed by atoms with van der Waals surface area (Å²) in [5, 5.41) is 4.50. The number of aromatic nitrogens is 4. The van der Waals surface area contributed by atoms with Gasteiger partial charge in [0.15, 0.2) is 0 Å². The Bertz CT molecular complexity index is 1420. The molecule has 4 aromatic rings. The molecule has 0 atom stereocenters. The van der Waals surface area contributed by atoms with Gasteiger partial charge in [-0.1, -0.05) is 35.9 Å². The van der Waals surface area contributed by atoms with Crippen molar-refractivity contribution in [2.75, 3.05) is 31.1 Å². The smallest absolute Gasteiger partial charge is 0.292 e. The molecule has 0 aliphatic carbocycles. The van der Waals surface area contributed by atoms with Crippen LogP contribution in [0.5, 0.6) is 0 Å². The lowest BCUT2D eigenvalue weighted by atomic mass is 10.2. The lowest BCUT2D eigenvalue weighted by Crippen LogP contribution is -2.46. The van der Waals surface area contributed by atoms with E-state index >= 15 is 0 Å². The van der Waals surface area contributed by atoms with Crippen LogP contribution in [0.25, 0.3) is 11.3 Å². The molecule has 1 aromatic carbocycles. The topological polar surface area (TPSA) is 75.7 Å². The predicted octanol–water partition coefficient (Wildman–Crippen LogP) is 2.52. The van der Waals surface area contributed by atoms with Crippen molar-refractivity contribution >= 4 is 22.9 Å². The molecule has 1 saturated heterocycles. The highest BCUT2D eigenvalue weighted by Crippen LogP contribution is 2.23. The number of fused-ring (bicyclic) bond motifs is 1. The van der Waals surface area contributed by atoms with Gasteiger partial charge in [-0.2, -0.15) is 9.78 Å². The summed E-state index contributed by atoms with van der Waals surface area (Å²) in [6.07, 6.45) is 3.39. The van der Waals surface area contributed by atoms with Gasteiger partial charge in [0, 0.05) is 45.0 Å². The summed E-state index contributed by atoms with van der Waals surface area (Å²) >= 11 is 6.46. The number of pyridine rings is 1. The normalized spacial score (nSPS) is 14.7. The first-order chi connectivity index (χ1) is 16.0. The van der Waals surface area contributed by atoms with Crippen LogP contribution in [0.1, 0.15) is 11.3 Å². The fraction of sp³-hybridized carbons (Fsp3) is 0.250. The van der Waals surface area contributed by atoms with E-state index in [0.29, 0.717) is 36.7 Å². The van der Waals surface area contributed by atoms with E-state index in [2.05, 4.69) is 14.9 Å². The summed E-state index contributed by atoms with van der Waals surface area (Å²) < 4.78 is 2.89. The minimum atomic E-state index is -0.334. The molecule has 9 heteroatoms. The third-order valence-corrected chi connectivity index (χ3v) is 6.29. The van der Waals surface area contributed by atoms with Crippen molar-refractivity contribution in [2.24, 2.45) is 0 Å². The molecule has 0 unspecified atom stereocenters. The molecule has 0 saturated carbocycles. The Kier molecular flexibility index (Phi) is 5.70. The molecule has 8 nitrogen and oxygen atoms in total. The van der Waals surface area contributed by atoms with Gasteiger partial charge in [-0.05, 0) is 30.7 Å². The molecule has 1 aliphatic heterocycles. The van der Waals surface area contributed by atoms with Crippen LogP contribution in [0.3, 0.4) is 0 Å². The van der Waals surface area contributed by atoms with Crippen molar-refractivity contribution in [1.82, 2.24) is 24.1 Å². The Morgan fingerprint density at radius 2 is 1.76 bits per heavy atom. The molecule has 1 fully saturated rings. The molecule has 0 bridgehead atoms. The molecule has 4 heterocycles. The number of benzene rings is 1. The van der Waals surface area contributed by atoms with Crippen LogP contribution in [0.15, 0.2) is 70.5 Å². The SMILES string of the molecule is Cc1cccn2c(=O)cc(CN3CCN(c4cnn(-c5ccccc5)c(=O)c4Cl)CC3)nc12. The zero-order valence-corrected chi connectivity index (χ0v) is 18.9. The molecule has 0 N–H and O–H groups in total. The summed E-state index contributed by atoms with van der Waals surface area (Å²) in [5.74, 6) is 0. The van der Waals surface area contributed by atoms with Crippen molar-refractivity contribution in [3.05, 3.63) is 97.9 Å². The first-order valence-corrected chi connectivity index (χ1v) is 11.2. The highest BCUT2D eigenvalue weighted by molar-refractivity contribution is 6.33. The number of para-hydroxylation sites is 1. The predicted molar refractivity (Wildman–Crippen MR) is 129 cm³/mol. The van der Waals surface area contributed by atoms with Gasteiger partial charge in [0.25, 0.3) is 11.1 Å². The Hall–Kier alpha value is -3.49. The average molecular weight is 463 g/mol. The maximum Gasteiger partial charge on any atom is 0.292 e. The van der Waals surface area contributed by atoms with E-state index in [9.17, 15) is 9.59 Å². The summed E-state index contributed by atoms with van der Waals surface area (Å²) in [7, 11) is 0. The fourth-order valence-corrected chi connectivity index (χ4v) is 4.41. The molecule has 1 aliphatic rings. The number of hydrogen-bond donors (Lipinski definition) is 0. The van der Waals surface area contributed by atoms with Gasteiger partial charge >= 0.3 is 0 Å². The summed E-state index contributed by atoms with van der Waals surface area (Å²) in [6.45, 7) is 5.45. The molecule has 168 valence electrons. The van der Waals surface area contributed by atoms with Gasteiger partial charge in [-0.15, -0.1) is 0 Å². The van der Waals surface area contributed by atoms with Crippen LogP contribution < -0.4 is 16.0 Å². The van der Waals surface area contributed by atoms with Gasteiger partial charge in [0.1, 0.15) is 10.7 Å². The maximum absolute atomic E-state index is 12.8. The molecule has 0 spiro atoms. The van der Waals surface area contributed by atoms with E-state index in [4.69, 9.17) is 16.6 Å². The minimum absolute atomic E-state index is 0.0748. The van der Waals surface area contributed by atoms with E-state index in [1.54, 1.807) is 22.9 Å². The quantitative estimate of drug-likeness (QED) is 0.464. The molecule has 0 radical (unpaired) electrons. The highest BCUT2D eigenvalue weighted by atomic mass is 35.5. The van der Waals surface area contributed by atoms with E-state index in [1.807, 2.05) is 49.4 Å².